The lowest BCUT2D eigenvalue weighted by Gasteiger charge is -2.29. The van der Waals surface area contributed by atoms with E-state index in [1.54, 1.807) is 0 Å². The summed E-state index contributed by atoms with van der Waals surface area (Å²) in [5, 5.41) is 0.545. The monoisotopic (exact) mass is 276 g/mol. The summed E-state index contributed by atoms with van der Waals surface area (Å²) in [6.45, 7) is 4.59. The Labute approximate surface area is 115 Å². The highest BCUT2D eigenvalue weighted by Gasteiger charge is 2.22. The van der Waals surface area contributed by atoms with Gasteiger partial charge in [0.15, 0.2) is 0 Å². The molecule has 0 N–H and O–H groups in total. The first-order chi connectivity index (χ1) is 8.18. The Morgan fingerprint density at radius 2 is 1.18 bits per heavy atom. The summed E-state index contributed by atoms with van der Waals surface area (Å²) in [5.74, 6) is 0. The molecular formula is C15H34P2. The summed E-state index contributed by atoms with van der Waals surface area (Å²) < 4.78 is 0. The van der Waals surface area contributed by atoms with Crippen LogP contribution in [-0.2, 0) is 0 Å². The second kappa shape index (κ2) is 11.9. The average Bonchev–Trinajstić information content (AvgIpc) is 2.31. The van der Waals surface area contributed by atoms with E-state index in [2.05, 4.69) is 32.3 Å². The normalized spacial score (nSPS) is 12.0. The van der Waals surface area contributed by atoms with Crippen LogP contribution in [0.1, 0.15) is 84.5 Å². The van der Waals surface area contributed by atoms with Crippen LogP contribution in [0.3, 0.4) is 0 Å². The summed E-state index contributed by atoms with van der Waals surface area (Å²) in [6.07, 6.45) is 16.7. The molecule has 0 amide bonds. The maximum Gasteiger partial charge on any atom is -0.0147 e. The van der Waals surface area contributed by atoms with Gasteiger partial charge in [-0.1, -0.05) is 65.2 Å². The molecule has 0 rings (SSSR count). The highest BCUT2D eigenvalue weighted by atomic mass is 31.0. The van der Waals surface area contributed by atoms with Crippen LogP contribution in [0.5, 0.6) is 0 Å². The van der Waals surface area contributed by atoms with Gasteiger partial charge in [-0.25, -0.2) is 0 Å². The van der Waals surface area contributed by atoms with E-state index in [-0.39, 0.29) is 0 Å². The van der Waals surface area contributed by atoms with Crippen LogP contribution in [-0.4, -0.2) is 11.3 Å². The topological polar surface area (TPSA) is 0 Å². The fourth-order valence-electron chi connectivity index (χ4n) is 2.47. The zero-order valence-corrected chi connectivity index (χ0v) is 14.4. The van der Waals surface area contributed by atoms with Gasteiger partial charge in [-0.2, -0.15) is 0 Å². The van der Waals surface area contributed by atoms with Crippen molar-refractivity contribution in [2.24, 2.45) is 0 Å². The van der Waals surface area contributed by atoms with Gasteiger partial charge in [-0.3, -0.25) is 0 Å². The van der Waals surface area contributed by atoms with Gasteiger partial charge in [0, 0.05) is 0 Å². The molecule has 0 aromatic rings. The number of hydrogen-bond donors (Lipinski definition) is 0. The Hall–Kier alpha value is 0.860. The minimum atomic E-state index is 0.545. The van der Waals surface area contributed by atoms with Crippen molar-refractivity contribution in [2.45, 2.75) is 89.6 Å². The summed E-state index contributed by atoms with van der Waals surface area (Å²) >= 11 is 0. The van der Waals surface area contributed by atoms with Crippen molar-refractivity contribution in [1.29, 1.82) is 0 Å². The smallest absolute Gasteiger partial charge is 0.0147 e. The van der Waals surface area contributed by atoms with E-state index in [1.165, 1.54) is 76.8 Å². The molecule has 0 aliphatic heterocycles. The van der Waals surface area contributed by atoms with E-state index in [1.807, 2.05) is 0 Å². The second-order valence-corrected chi connectivity index (χ2v) is 7.32. The molecule has 0 saturated carbocycles. The zero-order valence-electron chi connectivity index (χ0n) is 12.1. The van der Waals surface area contributed by atoms with Crippen molar-refractivity contribution < 1.29 is 0 Å². The summed E-state index contributed by atoms with van der Waals surface area (Å²) in [6, 6.07) is 0. The fourth-order valence-corrected chi connectivity index (χ4v) is 3.95. The first-order valence-corrected chi connectivity index (χ1v) is 9.07. The summed E-state index contributed by atoms with van der Waals surface area (Å²) in [4.78, 5) is 0. The molecular weight excluding hydrogens is 242 g/mol. The molecule has 0 aliphatic carbocycles. The van der Waals surface area contributed by atoms with Crippen molar-refractivity contribution in [3.8, 4) is 0 Å². The first kappa shape index (κ1) is 17.9. The van der Waals surface area contributed by atoms with Crippen molar-refractivity contribution in [3.63, 3.8) is 0 Å². The van der Waals surface area contributed by atoms with E-state index >= 15 is 0 Å². The van der Waals surface area contributed by atoms with Crippen molar-refractivity contribution >= 4 is 18.5 Å². The van der Waals surface area contributed by atoms with Gasteiger partial charge in [0.25, 0.3) is 0 Å². The molecule has 0 nitrogen and oxygen atoms in total. The van der Waals surface area contributed by atoms with Crippen LogP contribution in [0.25, 0.3) is 0 Å². The predicted molar refractivity (Wildman–Crippen MR) is 89.2 cm³/mol. The van der Waals surface area contributed by atoms with E-state index in [9.17, 15) is 0 Å². The minimum Gasteiger partial charge on any atom is -0.138 e. The quantitative estimate of drug-likeness (QED) is 0.312. The van der Waals surface area contributed by atoms with Gasteiger partial charge in [0.2, 0.25) is 0 Å². The van der Waals surface area contributed by atoms with E-state index in [0.29, 0.717) is 5.16 Å². The second-order valence-electron chi connectivity index (χ2n) is 5.52. The highest BCUT2D eigenvalue weighted by molar-refractivity contribution is 7.19. The van der Waals surface area contributed by atoms with Crippen LogP contribution in [0.2, 0.25) is 0 Å². The van der Waals surface area contributed by atoms with Gasteiger partial charge < -0.3 is 0 Å². The van der Waals surface area contributed by atoms with Crippen LogP contribution in [0.4, 0.5) is 0 Å². The molecule has 0 spiro atoms. The molecule has 0 radical (unpaired) electrons. The minimum absolute atomic E-state index is 0.545. The first-order valence-electron chi connectivity index (χ1n) is 7.67. The van der Waals surface area contributed by atoms with Crippen molar-refractivity contribution in [2.75, 3.05) is 6.16 Å². The molecule has 2 atom stereocenters. The third-order valence-electron chi connectivity index (χ3n) is 3.70. The molecule has 0 saturated heterocycles. The molecule has 17 heavy (non-hydrogen) atoms. The lowest BCUT2D eigenvalue weighted by atomic mass is 9.91. The third-order valence-corrected chi connectivity index (χ3v) is 4.85. The molecule has 2 heteroatoms. The van der Waals surface area contributed by atoms with E-state index in [4.69, 9.17) is 0 Å². The van der Waals surface area contributed by atoms with Crippen LogP contribution < -0.4 is 0 Å². The number of unbranched alkanes of at least 4 members (excludes halogenated alkanes) is 6. The summed E-state index contributed by atoms with van der Waals surface area (Å²) in [7, 11) is 6.10. The standard InChI is InChI=1S/C15H34P2/c1-3-5-7-9-11-15(17,13-14-16)12-10-8-6-4-2/h3-14,16-17H2,1-2H3. The average molecular weight is 276 g/mol. The van der Waals surface area contributed by atoms with Crippen molar-refractivity contribution in [3.05, 3.63) is 0 Å². The summed E-state index contributed by atoms with van der Waals surface area (Å²) in [5.41, 5.74) is 0. The Morgan fingerprint density at radius 1 is 0.706 bits per heavy atom. The molecule has 0 bridgehead atoms. The molecule has 0 heterocycles. The molecule has 0 aromatic carbocycles. The SMILES string of the molecule is CCCCCCC(P)(CCP)CCCCCC. The van der Waals surface area contributed by atoms with Crippen LogP contribution >= 0.6 is 18.5 Å². The van der Waals surface area contributed by atoms with E-state index < -0.39 is 0 Å². The van der Waals surface area contributed by atoms with Gasteiger partial charge in [-0.15, -0.1) is 18.5 Å². The Morgan fingerprint density at radius 3 is 1.53 bits per heavy atom. The maximum absolute atomic E-state index is 3.20. The van der Waals surface area contributed by atoms with Gasteiger partial charge in [0.05, 0.1) is 0 Å². The van der Waals surface area contributed by atoms with Crippen LogP contribution in [0.15, 0.2) is 0 Å². The molecule has 0 aromatic heterocycles. The van der Waals surface area contributed by atoms with Crippen molar-refractivity contribution in [1.82, 2.24) is 0 Å². The zero-order chi connectivity index (χ0) is 13.0. The Balaban J connectivity index is 3.80. The fraction of sp³-hybridized carbons (Fsp3) is 1.00. The number of hydrogen-bond acceptors (Lipinski definition) is 0. The Bertz CT molecular complexity index is 145. The van der Waals surface area contributed by atoms with Gasteiger partial charge in [0.1, 0.15) is 0 Å². The molecule has 0 aliphatic rings. The van der Waals surface area contributed by atoms with E-state index in [0.717, 1.165) is 0 Å². The largest absolute Gasteiger partial charge is 0.138 e. The molecule has 0 fully saturated rings. The highest BCUT2D eigenvalue weighted by Crippen LogP contribution is 2.35. The third kappa shape index (κ3) is 10.5. The number of rotatable bonds is 12. The van der Waals surface area contributed by atoms with Gasteiger partial charge in [-0.05, 0) is 30.6 Å². The molecule has 104 valence electrons. The maximum atomic E-state index is 3.20. The predicted octanol–water partition coefficient (Wildman–Crippen LogP) is 5.81. The lowest BCUT2D eigenvalue weighted by molar-refractivity contribution is 0.438. The lowest BCUT2D eigenvalue weighted by Crippen LogP contribution is -2.21. The Kier molecular flexibility index (Phi) is 12.5. The van der Waals surface area contributed by atoms with Gasteiger partial charge >= 0.3 is 0 Å². The van der Waals surface area contributed by atoms with Crippen LogP contribution in [0, 0.1) is 0 Å². The molecule has 2 unspecified atom stereocenters.